The lowest BCUT2D eigenvalue weighted by molar-refractivity contribution is -0.144. The van der Waals surface area contributed by atoms with E-state index in [1.54, 1.807) is 0 Å². The third-order valence-corrected chi connectivity index (χ3v) is 3.50. The van der Waals surface area contributed by atoms with Gasteiger partial charge in [-0.1, -0.05) is 59.3 Å². The van der Waals surface area contributed by atoms with Crippen molar-refractivity contribution in [3.8, 4) is 0 Å². The molecule has 0 rings (SSSR count). The summed E-state index contributed by atoms with van der Waals surface area (Å²) in [6.07, 6.45) is 9.83. The van der Waals surface area contributed by atoms with Gasteiger partial charge in [0.25, 0.3) is 0 Å². The molecule has 0 aliphatic heterocycles. The van der Waals surface area contributed by atoms with Crippen molar-refractivity contribution in [3.63, 3.8) is 0 Å². The summed E-state index contributed by atoms with van der Waals surface area (Å²) in [7, 11) is 0. The molecule has 0 heterocycles. The molecule has 0 fully saturated rings. The lowest BCUT2D eigenvalue weighted by Crippen LogP contribution is -2.10. The number of hydrogen-bond acceptors (Lipinski definition) is 4. The molecule has 0 bridgehead atoms. The number of carbonyl (C=O) groups is 1. The molecule has 0 aliphatic carbocycles. The lowest BCUT2D eigenvalue weighted by atomic mass is 10.1. The standard InChI is InChI=1S/C19H38O4/c1-4-5-6-7-8-9-10-14-23-19(20)12-11-13-21-15-16-22-17-18(2)3/h18H,4-17H2,1-3H3. The number of unbranched alkanes of at least 4 members (excludes halogenated alkanes) is 6. The van der Waals surface area contributed by atoms with Crippen LogP contribution in [0.1, 0.15) is 78.6 Å². The van der Waals surface area contributed by atoms with Gasteiger partial charge in [-0.3, -0.25) is 4.79 Å². The second kappa shape index (κ2) is 17.7. The predicted octanol–water partition coefficient (Wildman–Crippen LogP) is 4.75. The van der Waals surface area contributed by atoms with Gasteiger partial charge in [-0.25, -0.2) is 0 Å². The molecule has 0 radical (unpaired) electrons. The molecule has 23 heavy (non-hydrogen) atoms. The quantitative estimate of drug-likeness (QED) is 0.285. The summed E-state index contributed by atoms with van der Waals surface area (Å²) < 4.78 is 16.1. The Labute approximate surface area is 143 Å². The van der Waals surface area contributed by atoms with E-state index in [2.05, 4.69) is 20.8 Å². The zero-order chi connectivity index (χ0) is 17.2. The third kappa shape index (κ3) is 19.3. The maximum Gasteiger partial charge on any atom is 0.305 e. The van der Waals surface area contributed by atoms with E-state index >= 15 is 0 Å². The van der Waals surface area contributed by atoms with Crippen molar-refractivity contribution in [1.29, 1.82) is 0 Å². The number of esters is 1. The van der Waals surface area contributed by atoms with E-state index in [1.807, 2.05) is 0 Å². The van der Waals surface area contributed by atoms with Gasteiger partial charge in [-0.15, -0.1) is 0 Å². The van der Waals surface area contributed by atoms with Crippen LogP contribution in [-0.4, -0.2) is 39.0 Å². The predicted molar refractivity (Wildman–Crippen MR) is 94.7 cm³/mol. The van der Waals surface area contributed by atoms with Crippen molar-refractivity contribution in [2.75, 3.05) is 33.0 Å². The summed E-state index contributed by atoms with van der Waals surface area (Å²) in [5, 5.41) is 0. The van der Waals surface area contributed by atoms with Gasteiger partial charge >= 0.3 is 5.97 Å². The van der Waals surface area contributed by atoms with Crippen LogP contribution in [-0.2, 0) is 19.0 Å². The Morgan fingerprint density at radius 3 is 2.13 bits per heavy atom. The molecule has 138 valence electrons. The van der Waals surface area contributed by atoms with Gasteiger partial charge < -0.3 is 14.2 Å². The van der Waals surface area contributed by atoms with Gasteiger partial charge in [0.2, 0.25) is 0 Å². The van der Waals surface area contributed by atoms with Crippen LogP contribution in [0.4, 0.5) is 0 Å². The minimum Gasteiger partial charge on any atom is -0.466 e. The molecule has 0 aromatic carbocycles. The van der Waals surface area contributed by atoms with Crippen LogP contribution < -0.4 is 0 Å². The number of ether oxygens (including phenoxy) is 3. The summed E-state index contributed by atoms with van der Waals surface area (Å²) in [6.45, 7) is 9.63. The average molecular weight is 331 g/mol. The van der Waals surface area contributed by atoms with Crippen LogP contribution in [0.5, 0.6) is 0 Å². The highest BCUT2D eigenvalue weighted by molar-refractivity contribution is 5.69. The van der Waals surface area contributed by atoms with E-state index in [-0.39, 0.29) is 5.97 Å². The maximum absolute atomic E-state index is 11.5. The number of rotatable bonds is 17. The first-order valence-electron chi connectivity index (χ1n) is 9.48. The summed E-state index contributed by atoms with van der Waals surface area (Å²) in [6, 6.07) is 0. The molecule has 0 spiro atoms. The Morgan fingerprint density at radius 1 is 0.783 bits per heavy atom. The fourth-order valence-electron chi connectivity index (χ4n) is 2.17. The molecule has 0 saturated carbocycles. The molecule has 0 aromatic rings. The van der Waals surface area contributed by atoms with Crippen molar-refractivity contribution in [3.05, 3.63) is 0 Å². The Hall–Kier alpha value is -0.610. The molecule has 0 atom stereocenters. The normalized spacial score (nSPS) is 11.1. The van der Waals surface area contributed by atoms with Gasteiger partial charge in [-0.2, -0.15) is 0 Å². The highest BCUT2D eigenvalue weighted by atomic mass is 16.5. The third-order valence-electron chi connectivity index (χ3n) is 3.50. The highest BCUT2D eigenvalue weighted by Crippen LogP contribution is 2.07. The fourth-order valence-corrected chi connectivity index (χ4v) is 2.17. The van der Waals surface area contributed by atoms with E-state index in [4.69, 9.17) is 14.2 Å². The highest BCUT2D eigenvalue weighted by Gasteiger charge is 2.02. The number of carbonyl (C=O) groups excluding carboxylic acids is 1. The first kappa shape index (κ1) is 22.4. The van der Waals surface area contributed by atoms with E-state index < -0.39 is 0 Å². The monoisotopic (exact) mass is 330 g/mol. The van der Waals surface area contributed by atoms with Crippen molar-refractivity contribution in [2.24, 2.45) is 5.92 Å². The molecule has 0 N–H and O–H groups in total. The Balaban J connectivity index is 3.16. The Bertz CT molecular complexity index is 254. The van der Waals surface area contributed by atoms with E-state index in [0.29, 0.717) is 38.8 Å². The van der Waals surface area contributed by atoms with E-state index in [9.17, 15) is 4.79 Å². The van der Waals surface area contributed by atoms with Crippen LogP contribution >= 0.6 is 0 Å². The fraction of sp³-hybridized carbons (Fsp3) is 0.947. The van der Waals surface area contributed by atoms with Gasteiger partial charge in [0, 0.05) is 19.6 Å². The molecule has 4 heteroatoms. The minimum atomic E-state index is -0.101. The van der Waals surface area contributed by atoms with Gasteiger partial charge in [-0.05, 0) is 18.8 Å². The summed E-state index contributed by atoms with van der Waals surface area (Å²) >= 11 is 0. The zero-order valence-corrected chi connectivity index (χ0v) is 15.6. The van der Waals surface area contributed by atoms with Crippen molar-refractivity contribution >= 4 is 5.97 Å². The van der Waals surface area contributed by atoms with Crippen molar-refractivity contribution in [2.45, 2.75) is 78.6 Å². The largest absolute Gasteiger partial charge is 0.466 e. The van der Waals surface area contributed by atoms with Crippen LogP contribution in [0.15, 0.2) is 0 Å². The maximum atomic E-state index is 11.5. The summed E-state index contributed by atoms with van der Waals surface area (Å²) in [5.41, 5.74) is 0. The summed E-state index contributed by atoms with van der Waals surface area (Å²) in [4.78, 5) is 11.5. The smallest absolute Gasteiger partial charge is 0.305 e. The molecule has 0 aliphatic rings. The Morgan fingerprint density at radius 2 is 1.43 bits per heavy atom. The molecular weight excluding hydrogens is 292 g/mol. The zero-order valence-electron chi connectivity index (χ0n) is 15.6. The topological polar surface area (TPSA) is 44.8 Å². The second-order valence-corrected chi connectivity index (χ2v) is 6.53. The van der Waals surface area contributed by atoms with E-state index in [1.165, 1.54) is 32.1 Å². The minimum absolute atomic E-state index is 0.101. The van der Waals surface area contributed by atoms with Gasteiger partial charge in [0.05, 0.1) is 19.8 Å². The molecule has 0 amide bonds. The lowest BCUT2D eigenvalue weighted by Gasteiger charge is -2.08. The van der Waals surface area contributed by atoms with Crippen molar-refractivity contribution < 1.29 is 19.0 Å². The van der Waals surface area contributed by atoms with Crippen molar-refractivity contribution in [1.82, 2.24) is 0 Å². The average Bonchev–Trinajstić information content (AvgIpc) is 2.52. The first-order valence-corrected chi connectivity index (χ1v) is 9.48. The second-order valence-electron chi connectivity index (χ2n) is 6.53. The summed E-state index contributed by atoms with van der Waals surface area (Å²) in [5.74, 6) is 0.455. The first-order chi connectivity index (χ1) is 11.2. The van der Waals surface area contributed by atoms with Crippen LogP contribution in [0, 0.1) is 5.92 Å². The molecule has 0 aromatic heterocycles. The number of hydrogen-bond donors (Lipinski definition) is 0. The van der Waals surface area contributed by atoms with Gasteiger partial charge in [0.15, 0.2) is 0 Å². The Kier molecular flexibility index (Phi) is 17.3. The van der Waals surface area contributed by atoms with E-state index in [0.717, 1.165) is 25.9 Å². The molecule has 0 unspecified atom stereocenters. The molecule has 4 nitrogen and oxygen atoms in total. The van der Waals surface area contributed by atoms with Crippen LogP contribution in [0.3, 0.4) is 0 Å². The molecule has 0 saturated heterocycles. The van der Waals surface area contributed by atoms with Gasteiger partial charge in [0.1, 0.15) is 0 Å². The van der Waals surface area contributed by atoms with Crippen LogP contribution in [0.25, 0.3) is 0 Å². The SMILES string of the molecule is CCCCCCCCCOC(=O)CCCOCCOCC(C)C. The molecular formula is C19H38O4. The van der Waals surface area contributed by atoms with Crippen LogP contribution in [0.2, 0.25) is 0 Å².